The highest BCUT2D eigenvalue weighted by Crippen LogP contribution is 2.32. The van der Waals surface area contributed by atoms with Crippen LogP contribution in [0, 0.1) is 5.92 Å². The lowest BCUT2D eigenvalue weighted by molar-refractivity contribution is -0.145. The molecule has 1 aromatic rings. The number of piperidine rings is 1. The molecular weight excluding hydrogens is 432 g/mol. The summed E-state index contributed by atoms with van der Waals surface area (Å²) in [5.74, 6) is 0.251. The number of rotatable bonds is 2. The summed E-state index contributed by atoms with van der Waals surface area (Å²) in [4.78, 5) is 32.2. The van der Waals surface area contributed by atoms with Crippen LogP contribution in [0.25, 0.3) is 0 Å². The Morgan fingerprint density at radius 2 is 1.69 bits per heavy atom. The van der Waals surface area contributed by atoms with Crippen molar-refractivity contribution < 1.29 is 22.7 Å². The molecule has 1 aromatic carbocycles. The van der Waals surface area contributed by atoms with Crippen molar-refractivity contribution in [3.63, 3.8) is 0 Å². The van der Waals surface area contributed by atoms with E-state index in [0.717, 1.165) is 19.3 Å². The topological polar surface area (TPSA) is 99.6 Å². The second-order valence-corrected chi connectivity index (χ2v) is 10.4. The van der Waals surface area contributed by atoms with Crippen LogP contribution in [0.5, 0.6) is 0 Å². The third-order valence-corrected chi connectivity index (χ3v) is 8.15. The van der Waals surface area contributed by atoms with Gasteiger partial charge in [0.15, 0.2) is 5.84 Å². The van der Waals surface area contributed by atoms with Crippen LogP contribution in [-0.2, 0) is 24.3 Å². The maximum atomic E-state index is 13.5. The van der Waals surface area contributed by atoms with Gasteiger partial charge in [0.1, 0.15) is 10.9 Å². The van der Waals surface area contributed by atoms with Crippen molar-refractivity contribution in [1.29, 1.82) is 0 Å². The fraction of sp³-hybridized carbons (Fsp3) is 0.591. The minimum Gasteiger partial charge on any atom is -0.378 e. The van der Waals surface area contributed by atoms with Crippen LogP contribution in [0.2, 0.25) is 0 Å². The van der Waals surface area contributed by atoms with E-state index in [4.69, 9.17) is 4.74 Å². The second kappa shape index (κ2) is 8.47. The lowest BCUT2D eigenvalue weighted by atomic mass is 9.95. The molecule has 1 unspecified atom stereocenters. The normalized spacial score (nSPS) is 27.2. The van der Waals surface area contributed by atoms with Crippen molar-refractivity contribution in [3.05, 3.63) is 29.8 Å². The molecule has 172 valence electrons. The summed E-state index contributed by atoms with van der Waals surface area (Å²) in [6, 6.07) is 6.32. The zero-order chi connectivity index (χ0) is 22.3. The third kappa shape index (κ3) is 3.79. The monoisotopic (exact) mass is 460 g/mol. The van der Waals surface area contributed by atoms with E-state index in [9.17, 15) is 18.0 Å². The Labute approximate surface area is 188 Å². The first kappa shape index (κ1) is 21.4. The number of hydrogen-bond acceptors (Lipinski definition) is 6. The number of hydrogen-bond donors (Lipinski definition) is 0. The highest BCUT2D eigenvalue weighted by atomic mass is 32.2. The summed E-state index contributed by atoms with van der Waals surface area (Å²) in [5, 5.41) is 0. The number of amides is 2. The average molecular weight is 461 g/mol. The maximum absolute atomic E-state index is 13.5. The van der Waals surface area contributed by atoms with Gasteiger partial charge in [0.25, 0.3) is 10.0 Å². The number of fused-ring (bicyclic) bond motifs is 1. The van der Waals surface area contributed by atoms with Gasteiger partial charge in [0, 0.05) is 38.3 Å². The largest absolute Gasteiger partial charge is 0.378 e. The van der Waals surface area contributed by atoms with Crippen LogP contribution in [0.4, 0.5) is 0 Å². The summed E-state index contributed by atoms with van der Waals surface area (Å²) in [6.45, 7) is 3.96. The lowest BCUT2D eigenvalue weighted by Crippen LogP contribution is -2.53. The molecule has 2 amide bonds. The molecule has 0 radical (unpaired) electrons. The lowest BCUT2D eigenvalue weighted by Gasteiger charge is -2.38. The number of carbonyl (C=O) groups excluding carboxylic acids is 2. The van der Waals surface area contributed by atoms with E-state index in [-0.39, 0.29) is 22.6 Å². The molecule has 2 atom stereocenters. The van der Waals surface area contributed by atoms with Gasteiger partial charge in [-0.3, -0.25) is 9.59 Å². The van der Waals surface area contributed by atoms with Crippen molar-refractivity contribution in [2.24, 2.45) is 10.3 Å². The smallest absolute Gasteiger partial charge is 0.285 e. The molecule has 0 N–H and O–H groups in total. The molecule has 4 heterocycles. The fourth-order valence-electron chi connectivity index (χ4n) is 5.20. The minimum atomic E-state index is -3.74. The first-order chi connectivity index (χ1) is 15.5. The maximum Gasteiger partial charge on any atom is 0.285 e. The van der Waals surface area contributed by atoms with E-state index >= 15 is 0 Å². The second-order valence-electron chi connectivity index (χ2n) is 8.80. The van der Waals surface area contributed by atoms with E-state index in [1.165, 1.54) is 0 Å². The first-order valence-electron chi connectivity index (χ1n) is 11.3. The highest BCUT2D eigenvalue weighted by Gasteiger charge is 2.42. The molecule has 10 heteroatoms. The Morgan fingerprint density at radius 3 is 2.50 bits per heavy atom. The SMILES string of the molecule is O=C(C1CCCN(C(=O)[C@@H]2CCCN2C2=NS(=O)(=O)c3ccccc32)C1)N1CCOCC1. The summed E-state index contributed by atoms with van der Waals surface area (Å²) in [7, 11) is -3.74. The average Bonchev–Trinajstić information content (AvgIpc) is 3.41. The Kier molecular flexibility index (Phi) is 5.66. The zero-order valence-electron chi connectivity index (χ0n) is 18.0. The predicted octanol–water partition coefficient (Wildman–Crippen LogP) is 0.697. The first-order valence-corrected chi connectivity index (χ1v) is 12.8. The Hall–Kier alpha value is -2.46. The molecule has 0 bridgehead atoms. The van der Waals surface area contributed by atoms with Gasteiger partial charge in [-0.05, 0) is 37.8 Å². The van der Waals surface area contributed by atoms with Crippen molar-refractivity contribution in [2.75, 3.05) is 45.9 Å². The molecule has 0 aromatic heterocycles. The highest BCUT2D eigenvalue weighted by molar-refractivity contribution is 7.90. The van der Waals surface area contributed by atoms with Crippen LogP contribution in [0.3, 0.4) is 0 Å². The van der Waals surface area contributed by atoms with E-state index in [2.05, 4.69) is 4.40 Å². The van der Waals surface area contributed by atoms with Crippen molar-refractivity contribution in [1.82, 2.24) is 14.7 Å². The molecule has 0 aliphatic carbocycles. The number of morpholine rings is 1. The molecule has 4 aliphatic rings. The van der Waals surface area contributed by atoms with Gasteiger partial charge in [-0.1, -0.05) is 12.1 Å². The van der Waals surface area contributed by atoms with Gasteiger partial charge in [-0.25, -0.2) is 0 Å². The van der Waals surface area contributed by atoms with E-state index in [0.29, 0.717) is 63.8 Å². The number of carbonyl (C=O) groups is 2. The quantitative estimate of drug-likeness (QED) is 0.644. The van der Waals surface area contributed by atoms with E-state index in [1.54, 1.807) is 29.2 Å². The Balaban J connectivity index is 1.32. The van der Waals surface area contributed by atoms with Crippen molar-refractivity contribution >= 4 is 27.7 Å². The van der Waals surface area contributed by atoms with Crippen LogP contribution in [-0.4, -0.2) is 92.7 Å². The molecular formula is C22H28N4O5S. The predicted molar refractivity (Wildman–Crippen MR) is 117 cm³/mol. The number of sulfonamides is 1. The van der Waals surface area contributed by atoms with Gasteiger partial charge in [0.2, 0.25) is 11.8 Å². The fourth-order valence-corrected chi connectivity index (χ4v) is 6.42. The summed E-state index contributed by atoms with van der Waals surface area (Å²) in [5.41, 5.74) is 0.561. The number of nitrogens with zero attached hydrogens (tertiary/aromatic N) is 4. The van der Waals surface area contributed by atoms with Gasteiger partial charge in [0.05, 0.1) is 19.1 Å². The number of ether oxygens (including phenoxy) is 1. The van der Waals surface area contributed by atoms with Crippen LogP contribution < -0.4 is 0 Å². The van der Waals surface area contributed by atoms with Gasteiger partial charge >= 0.3 is 0 Å². The summed E-state index contributed by atoms with van der Waals surface area (Å²) >= 11 is 0. The number of benzene rings is 1. The Bertz CT molecular complexity index is 1050. The molecule has 3 saturated heterocycles. The standard InChI is InChI=1S/C22H28N4O5S/c27-21(24-11-13-31-14-12-24)16-5-3-9-25(15-16)22(28)18-7-4-10-26(18)20-17-6-1-2-8-19(17)32(29,30)23-20/h1-2,6,8,16,18H,3-5,7,9-15H2/t16?,18-/m0/s1. The molecule has 0 saturated carbocycles. The van der Waals surface area contributed by atoms with Crippen LogP contribution in [0.1, 0.15) is 31.2 Å². The molecule has 9 nitrogen and oxygen atoms in total. The Morgan fingerprint density at radius 1 is 0.938 bits per heavy atom. The third-order valence-electron chi connectivity index (χ3n) is 6.83. The van der Waals surface area contributed by atoms with Crippen LogP contribution in [0.15, 0.2) is 33.6 Å². The zero-order valence-corrected chi connectivity index (χ0v) is 18.8. The number of amidine groups is 1. The van der Waals surface area contributed by atoms with Crippen molar-refractivity contribution in [3.8, 4) is 0 Å². The van der Waals surface area contributed by atoms with E-state index < -0.39 is 16.1 Å². The van der Waals surface area contributed by atoms with Gasteiger partial charge < -0.3 is 19.4 Å². The molecule has 3 fully saturated rings. The summed E-state index contributed by atoms with van der Waals surface area (Å²) in [6.07, 6.45) is 3.02. The molecule has 4 aliphatic heterocycles. The van der Waals surface area contributed by atoms with E-state index in [1.807, 2.05) is 9.80 Å². The summed E-state index contributed by atoms with van der Waals surface area (Å²) < 4.78 is 34.4. The molecule has 5 rings (SSSR count). The molecule has 32 heavy (non-hydrogen) atoms. The van der Waals surface area contributed by atoms with Gasteiger partial charge in [-0.2, -0.15) is 8.42 Å². The minimum absolute atomic E-state index is 0.0357. The molecule has 0 spiro atoms. The van der Waals surface area contributed by atoms with Gasteiger partial charge in [-0.15, -0.1) is 4.40 Å². The number of likely N-dealkylation sites (tertiary alicyclic amines) is 2. The van der Waals surface area contributed by atoms with Crippen molar-refractivity contribution in [2.45, 2.75) is 36.6 Å². The van der Waals surface area contributed by atoms with Crippen LogP contribution >= 0.6 is 0 Å².